The second-order valence-electron chi connectivity index (χ2n) is 6.58. The van der Waals surface area contributed by atoms with Gasteiger partial charge in [-0.3, -0.25) is 14.4 Å². The molecule has 1 aromatic heterocycles. The molecule has 0 aliphatic carbocycles. The van der Waals surface area contributed by atoms with Crippen LogP contribution in [0.3, 0.4) is 0 Å². The minimum absolute atomic E-state index is 0.213. The van der Waals surface area contributed by atoms with Crippen LogP contribution in [-0.2, 0) is 13.1 Å². The van der Waals surface area contributed by atoms with Crippen molar-refractivity contribution in [3.05, 3.63) is 73.8 Å². The molecule has 1 N–H and O–H groups in total. The molecular weight excluding hydrogens is 342 g/mol. The molecule has 0 saturated carbocycles. The number of hydrogen-bond acceptors (Lipinski definition) is 3. The Bertz CT molecular complexity index is 1160. The van der Waals surface area contributed by atoms with Gasteiger partial charge in [-0.25, -0.2) is 0 Å². The number of benzene rings is 2. The first-order valence-corrected chi connectivity index (χ1v) is 9.03. The van der Waals surface area contributed by atoms with Crippen LogP contribution in [0.25, 0.3) is 11.0 Å². The van der Waals surface area contributed by atoms with E-state index in [1.165, 1.54) is 9.13 Å². The van der Waals surface area contributed by atoms with Crippen molar-refractivity contribution < 1.29 is 4.79 Å². The number of anilines is 1. The van der Waals surface area contributed by atoms with E-state index in [-0.39, 0.29) is 5.91 Å². The van der Waals surface area contributed by atoms with Crippen molar-refractivity contribution in [2.24, 2.45) is 0 Å². The lowest BCUT2D eigenvalue weighted by Gasteiger charge is -2.16. The fourth-order valence-electron chi connectivity index (χ4n) is 3.31. The van der Waals surface area contributed by atoms with Gasteiger partial charge in [0.1, 0.15) is 0 Å². The summed E-state index contributed by atoms with van der Waals surface area (Å²) in [6.45, 7) is 8.24. The van der Waals surface area contributed by atoms with Crippen molar-refractivity contribution in [1.82, 2.24) is 9.13 Å². The molecule has 0 fully saturated rings. The Balaban J connectivity index is 2.16. The molecule has 0 unspecified atom stereocenters. The summed E-state index contributed by atoms with van der Waals surface area (Å²) in [6, 6.07) is 11.0. The number of amides is 1. The van der Waals surface area contributed by atoms with E-state index >= 15 is 0 Å². The average Bonchev–Trinajstić information content (AvgIpc) is 2.64. The van der Waals surface area contributed by atoms with E-state index in [0.29, 0.717) is 35.4 Å². The highest BCUT2D eigenvalue weighted by molar-refractivity contribution is 6.05. The number of nitrogens with one attached hydrogen (secondary N) is 1. The summed E-state index contributed by atoms with van der Waals surface area (Å²) in [6.07, 6.45) is 0. The maximum atomic E-state index is 12.6. The SMILES string of the molecule is CCn1c(=O)c(=O)n(CC)c2cc(NC(=O)c3cccc(C)c3)c(C)cc21. The van der Waals surface area contributed by atoms with Crippen molar-refractivity contribution in [3.63, 3.8) is 0 Å². The predicted molar refractivity (Wildman–Crippen MR) is 108 cm³/mol. The van der Waals surface area contributed by atoms with E-state index in [4.69, 9.17) is 0 Å². The van der Waals surface area contributed by atoms with Crippen LogP contribution >= 0.6 is 0 Å². The average molecular weight is 365 g/mol. The molecule has 3 rings (SSSR count). The van der Waals surface area contributed by atoms with E-state index in [0.717, 1.165) is 11.1 Å². The molecule has 0 aliphatic heterocycles. The summed E-state index contributed by atoms with van der Waals surface area (Å²) in [4.78, 5) is 37.4. The Labute approximate surface area is 157 Å². The summed E-state index contributed by atoms with van der Waals surface area (Å²) in [5.74, 6) is -0.213. The monoisotopic (exact) mass is 365 g/mol. The first-order chi connectivity index (χ1) is 12.9. The van der Waals surface area contributed by atoms with Crippen LogP contribution in [0.2, 0.25) is 0 Å². The third kappa shape index (κ3) is 3.30. The molecule has 0 aliphatic rings. The number of hydrogen-bond donors (Lipinski definition) is 1. The molecule has 6 heteroatoms. The first-order valence-electron chi connectivity index (χ1n) is 9.03. The lowest BCUT2D eigenvalue weighted by Crippen LogP contribution is -2.41. The summed E-state index contributed by atoms with van der Waals surface area (Å²) in [5, 5.41) is 2.93. The third-order valence-electron chi connectivity index (χ3n) is 4.74. The molecule has 1 heterocycles. The summed E-state index contributed by atoms with van der Waals surface area (Å²) < 4.78 is 2.93. The Kier molecular flexibility index (Phi) is 4.99. The second-order valence-corrected chi connectivity index (χ2v) is 6.58. The standard InChI is InChI=1S/C21H23N3O3/c1-5-23-17-11-14(4)16(12-18(17)24(6-2)21(27)20(23)26)22-19(25)15-9-7-8-13(3)10-15/h7-12H,5-6H2,1-4H3,(H,22,25). The smallest absolute Gasteiger partial charge is 0.316 e. The lowest BCUT2D eigenvalue weighted by atomic mass is 10.1. The van der Waals surface area contributed by atoms with E-state index in [2.05, 4.69) is 5.32 Å². The minimum atomic E-state index is -0.549. The number of fused-ring (bicyclic) bond motifs is 1. The normalized spacial score (nSPS) is 11.0. The van der Waals surface area contributed by atoms with Gasteiger partial charge >= 0.3 is 11.1 Å². The number of aryl methyl sites for hydroxylation is 4. The molecule has 0 radical (unpaired) electrons. The first kappa shape index (κ1) is 18.6. The second kappa shape index (κ2) is 7.23. The van der Waals surface area contributed by atoms with Crippen LogP contribution in [0.15, 0.2) is 46.0 Å². The molecule has 140 valence electrons. The van der Waals surface area contributed by atoms with E-state index in [1.54, 1.807) is 12.1 Å². The molecule has 27 heavy (non-hydrogen) atoms. The maximum absolute atomic E-state index is 12.6. The molecule has 2 aromatic carbocycles. The van der Waals surface area contributed by atoms with Crippen LogP contribution < -0.4 is 16.4 Å². The highest BCUT2D eigenvalue weighted by Gasteiger charge is 2.15. The molecule has 0 atom stereocenters. The molecule has 0 spiro atoms. The number of nitrogens with zero attached hydrogens (tertiary/aromatic N) is 2. The summed E-state index contributed by atoms with van der Waals surface area (Å²) >= 11 is 0. The highest BCUT2D eigenvalue weighted by atomic mass is 16.2. The van der Waals surface area contributed by atoms with Gasteiger partial charge in [0.25, 0.3) is 5.91 Å². The Morgan fingerprint density at radius 3 is 2.07 bits per heavy atom. The number of rotatable bonds is 4. The van der Waals surface area contributed by atoms with Crippen molar-refractivity contribution in [1.29, 1.82) is 0 Å². The van der Waals surface area contributed by atoms with Crippen LogP contribution in [0, 0.1) is 13.8 Å². The number of aromatic nitrogens is 2. The van der Waals surface area contributed by atoms with E-state index < -0.39 is 11.1 Å². The van der Waals surface area contributed by atoms with Crippen molar-refractivity contribution in [3.8, 4) is 0 Å². The largest absolute Gasteiger partial charge is 0.322 e. The van der Waals surface area contributed by atoms with Gasteiger partial charge in [0, 0.05) is 24.3 Å². The predicted octanol–water partition coefficient (Wildman–Crippen LogP) is 3.07. The van der Waals surface area contributed by atoms with Gasteiger partial charge in [0.15, 0.2) is 0 Å². The summed E-state index contributed by atoms with van der Waals surface area (Å²) in [5.41, 5.74) is 3.27. The fraction of sp³-hybridized carbons (Fsp3) is 0.286. The zero-order valence-corrected chi connectivity index (χ0v) is 16.0. The Hall–Kier alpha value is -3.15. The van der Waals surface area contributed by atoms with Crippen LogP contribution in [0.5, 0.6) is 0 Å². The molecule has 3 aromatic rings. The molecule has 0 saturated heterocycles. The lowest BCUT2D eigenvalue weighted by molar-refractivity contribution is 0.102. The molecular formula is C21H23N3O3. The van der Waals surface area contributed by atoms with Gasteiger partial charge in [-0.2, -0.15) is 0 Å². The van der Waals surface area contributed by atoms with Gasteiger partial charge < -0.3 is 14.5 Å². The number of carbonyl (C=O) groups excluding carboxylic acids is 1. The minimum Gasteiger partial charge on any atom is -0.322 e. The van der Waals surface area contributed by atoms with Crippen molar-refractivity contribution >= 4 is 22.6 Å². The molecule has 0 bridgehead atoms. The maximum Gasteiger partial charge on any atom is 0.316 e. The van der Waals surface area contributed by atoms with Crippen LogP contribution in [0.1, 0.15) is 35.3 Å². The van der Waals surface area contributed by atoms with Gasteiger partial charge in [-0.15, -0.1) is 0 Å². The zero-order valence-electron chi connectivity index (χ0n) is 16.0. The van der Waals surface area contributed by atoms with Crippen LogP contribution in [0.4, 0.5) is 5.69 Å². The Morgan fingerprint density at radius 2 is 1.52 bits per heavy atom. The number of carbonyl (C=O) groups is 1. The summed E-state index contributed by atoms with van der Waals surface area (Å²) in [7, 11) is 0. The molecule has 1 amide bonds. The quantitative estimate of drug-likeness (QED) is 0.722. The van der Waals surface area contributed by atoms with Gasteiger partial charge in [-0.1, -0.05) is 17.7 Å². The van der Waals surface area contributed by atoms with E-state index in [1.807, 2.05) is 52.0 Å². The Morgan fingerprint density at radius 1 is 0.926 bits per heavy atom. The highest BCUT2D eigenvalue weighted by Crippen LogP contribution is 2.23. The third-order valence-corrected chi connectivity index (χ3v) is 4.74. The van der Waals surface area contributed by atoms with Gasteiger partial charge in [-0.05, 0) is 57.5 Å². The molecule has 6 nitrogen and oxygen atoms in total. The zero-order chi connectivity index (χ0) is 19.7. The van der Waals surface area contributed by atoms with Gasteiger partial charge in [0.05, 0.1) is 11.0 Å². The van der Waals surface area contributed by atoms with Gasteiger partial charge in [0.2, 0.25) is 0 Å². The van der Waals surface area contributed by atoms with Crippen LogP contribution in [-0.4, -0.2) is 15.0 Å². The van der Waals surface area contributed by atoms with E-state index in [9.17, 15) is 14.4 Å². The van der Waals surface area contributed by atoms with Crippen molar-refractivity contribution in [2.45, 2.75) is 40.8 Å². The van der Waals surface area contributed by atoms with Crippen molar-refractivity contribution in [2.75, 3.05) is 5.32 Å². The fourth-order valence-corrected chi connectivity index (χ4v) is 3.31. The topological polar surface area (TPSA) is 73.1 Å².